The van der Waals surface area contributed by atoms with Crippen LogP contribution in [0.4, 0.5) is 4.79 Å². The van der Waals surface area contributed by atoms with Crippen LogP contribution < -0.4 is 5.32 Å². The van der Waals surface area contributed by atoms with Crippen LogP contribution in [0.3, 0.4) is 0 Å². The highest BCUT2D eigenvalue weighted by atomic mass is 32.2. The van der Waals surface area contributed by atoms with E-state index in [-0.39, 0.29) is 16.5 Å². The maximum Gasteiger partial charge on any atom is 0.342 e. The van der Waals surface area contributed by atoms with Crippen LogP contribution in [0.25, 0.3) is 0 Å². The van der Waals surface area contributed by atoms with Crippen molar-refractivity contribution >= 4 is 15.9 Å². The van der Waals surface area contributed by atoms with Gasteiger partial charge < -0.3 is 5.32 Å². The molecule has 0 aromatic heterocycles. The Balaban J connectivity index is 1.96. The van der Waals surface area contributed by atoms with Gasteiger partial charge in [-0.15, -0.1) is 0 Å². The number of sulfone groups is 1. The van der Waals surface area contributed by atoms with Gasteiger partial charge in [0.1, 0.15) is 0 Å². The Labute approximate surface area is 135 Å². The zero-order valence-electron chi connectivity index (χ0n) is 12.6. The standard InChI is InChI=1S/C16H18N2O4S/c1-13-7-9-15(10-8-13)23(21,22)12-18(20)16(19)17-11-14-5-3-2-4-6-14/h2-10,20H,11-12H2,1H3,(H,17,19). The monoisotopic (exact) mass is 334 g/mol. The average Bonchev–Trinajstić information content (AvgIpc) is 2.53. The predicted molar refractivity (Wildman–Crippen MR) is 85.5 cm³/mol. The van der Waals surface area contributed by atoms with Gasteiger partial charge in [0.15, 0.2) is 15.7 Å². The molecular weight excluding hydrogens is 316 g/mol. The van der Waals surface area contributed by atoms with Crippen LogP contribution in [-0.4, -0.2) is 30.6 Å². The van der Waals surface area contributed by atoms with E-state index < -0.39 is 21.7 Å². The average molecular weight is 334 g/mol. The van der Waals surface area contributed by atoms with Gasteiger partial charge in [-0.1, -0.05) is 48.0 Å². The Morgan fingerprint density at radius 1 is 1.09 bits per heavy atom. The number of hydrogen-bond donors (Lipinski definition) is 2. The summed E-state index contributed by atoms with van der Waals surface area (Å²) in [6.45, 7) is 2.03. The van der Waals surface area contributed by atoms with Crippen LogP contribution in [0.1, 0.15) is 11.1 Å². The van der Waals surface area contributed by atoms with Crippen molar-refractivity contribution in [2.24, 2.45) is 0 Å². The van der Waals surface area contributed by atoms with Crippen LogP contribution in [0.15, 0.2) is 59.5 Å². The summed E-state index contributed by atoms with van der Waals surface area (Å²) in [7, 11) is -3.79. The minimum atomic E-state index is -3.79. The molecule has 0 heterocycles. The molecule has 0 aliphatic carbocycles. The molecule has 2 rings (SSSR count). The third kappa shape index (κ3) is 4.80. The van der Waals surface area contributed by atoms with Crippen molar-refractivity contribution in [3.63, 3.8) is 0 Å². The molecule has 0 radical (unpaired) electrons. The number of hydrogen-bond acceptors (Lipinski definition) is 4. The Morgan fingerprint density at radius 3 is 2.30 bits per heavy atom. The van der Waals surface area contributed by atoms with Crippen molar-refractivity contribution in [2.45, 2.75) is 18.4 Å². The van der Waals surface area contributed by atoms with Gasteiger partial charge in [0.25, 0.3) is 0 Å². The van der Waals surface area contributed by atoms with E-state index in [4.69, 9.17) is 0 Å². The van der Waals surface area contributed by atoms with Crippen LogP contribution >= 0.6 is 0 Å². The first-order chi connectivity index (χ1) is 10.9. The summed E-state index contributed by atoms with van der Waals surface area (Å²) in [4.78, 5) is 11.8. The number of nitrogens with one attached hydrogen (secondary N) is 1. The molecule has 122 valence electrons. The van der Waals surface area contributed by atoms with Crippen molar-refractivity contribution in [3.05, 3.63) is 65.7 Å². The molecule has 2 aromatic carbocycles. The minimum absolute atomic E-state index is 0.0537. The number of benzene rings is 2. The largest absolute Gasteiger partial charge is 0.342 e. The normalized spacial score (nSPS) is 11.0. The van der Waals surface area contributed by atoms with E-state index in [1.54, 1.807) is 12.1 Å². The lowest BCUT2D eigenvalue weighted by atomic mass is 10.2. The number of amides is 2. The summed E-state index contributed by atoms with van der Waals surface area (Å²) >= 11 is 0. The lowest BCUT2D eigenvalue weighted by Gasteiger charge is -2.16. The van der Waals surface area contributed by atoms with Gasteiger partial charge in [-0.05, 0) is 24.6 Å². The molecular formula is C16H18N2O4S. The molecule has 23 heavy (non-hydrogen) atoms. The lowest BCUT2D eigenvalue weighted by molar-refractivity contribution is -0.0266. The van der Waals surface area contributed by atoms with Crippen LogP contribution in [0, 0.1) is 6.92 Å². The molecule has 0 atom stereocenters. The lowest BCUT2D eigenvalue weighted by Crippen LogP contribution is -2.40. The third-order valence-corrected chi connectivity index (χ3v) is 4.77. The van der Waals surface area contributed by atoms with Gasteiger partial charge in [0.05, 0.1) is 4.90 Å². The molecule has 6 nitrogen and oxygen atoms in total. The summed E-state index contributed by atoms with van der Waals surface area (Å²) in [5.74, 6) is -0.809. The minimum Gasteiger partial charge on any atom is -0.332 e. The Bertz CT molecular complexity index is 758. The zero-order chi connectivity index (χ0) is 16.9. The number of carbonyl (C=O) groups is 1. The van der Waals surface area contributed by atoms with Crippen molar-refractivity contribution in [2.75, 3.05) is 5.88 Å². The maximum atomic E-state index is 12.2. The Kier molecular flexibility index (Phi) is 5.36. The fourth-order valence-corrected chi connectivity index (χ4v) is 3.04. The summed E-state index contributed by atoms with van der Waals surface area (Å²) in [5, 5.41) is 12.3. The molecule has 0 spiro atoms. The van der Waals surface area contributed by atoms with E-state index in [1.165, 1.54) is 12.1 Å². The van der Waals surface area contributed by atoms with Gasteiger partial charge in [-0.2, -0.15) is 5.06 Å². The second-order valence-corrected chi connectivity index (χ2v) is 7.06. The van der Waals surface area contributed by atoms with Crippen molar-refractivity contribution < 1.29 is 18.4 Å². The van der Waals surface area contributed by atoms with E-state index in [9.17, 15) is 18.4 Å². The van der Waals surface area contributed by atoms with Crippen molar-refractivity contribution in [1.82, 2.24) is 10.4 Å². The van der Waals surface area contributed by atoms with E-state index in [0.29, 0.717) is 0 Å². The van der Waals surface area contributed by atoms with Crippen LogP contribution in [0.5, 0.6) is 0 Å². The van der Waals surface area contributed by atoms with Gasteiger partial charge in [-0.25, -0.2) is 13.2 Å². The molecule has 0 aliphatic heterocycles. The smallest absolute Gasteiger partial charge is 0.332 e. The van der Waals surface area contributed by atoms with Gasteiger partial charge in [-0.3, -0.25) is 5.21 Å². The number of hydroxylamine groups is 2. The summed E-state index contributed by atoms with van der Waals surface area (Å²) in [6.07, 6.45) is 0. The molecule has 2 N–H and O–H groups in total. The second-order valence-electron chi connectivity index (χ2n) is 5.10. The number of rotatable bonds is 5. The molecule has 0 aliphatic rings. The molecule has 7 heteroatoms. The fourth-order valence-electron chi connectivity index (χ4n) is 1.90. The summed E-state index contributed by atoms with van der Waals surface area (Å²) in [5.41, 5.74) is 1.76. The predicted octanol–water partition coefficient (Wildman–Crippen LogP) is 2.33. The number of urea groups is 1. The molecule has 2 aromatic rings. The number of aryl methyl sites for hydroxylation is 1. The van der Waals surface area contributed by atoms with Crippen LogP contribution in [-0.2, 0) is 16.4 Å². The highest BCUT2D eigenvalue weighted by Gasteiger charge is 2.21. The molecule has 0 unspecified atom stereocenters. The third-order valence-electron chi connectivity index (χ3n) is 3.19. The van der Waals surface area contributed by atoms with Crippen LogP contribution in [0.2, 0.25) is 0 Å². The van der Waals surface area contributed by atoms with E-state index in [0.717, 1.165) is 11.1 Å². The van der Waals surface area contributed by atoms with Gasteiger partial charge in [0.2, 0.25) is 0 Å². The summed E-state index contributed by atoms with van der Waals surface area (Å²) < 4.78 is 24.3. The van der Waals surface area contributed by atoms with E-state index >= 15 is 0 Å². The number of carbonyl (C=O) groups excluding carboxylic acids is 1. The fraction of sp³-hybridized carbons (Fsp3) is 0.188. The van der Waals surface area contributed by atoms with E-state index in [2.05, 4.69) is 5.32 Å². The first-order valence-corrected chi connectivity index (χ1v) is 8.61. The van der Waals surface area contributed by atoms with Crippen molar-refractivity contribution in [1.29, 1.82) is 0 Å². The maximum absolute atomic E-state index is 12.2. The molecule has 2 amide bonds. The molecule has 0 saturated carbocycles. The number of nitrogens with zero attached hydrogens (tertiary/aromatic N) is 1. The Morgan fingerprint density at radius 2 is 1.70 bits per heavy atom. The first kappa shape index (κ1) is 17.0. The zero-order valence-corrected chi connectivity index (χ0v) is 13.5. The Hall–Kier alpha value is -2.38. The molecule has 0 saturated heterocycles. The first-order valence-electron chi connectivity index (χ1n) is 6.96. The highest BCUT2D eigenvalue weighted by Crippen LogP contribution is 2.13. The molecule has 0 fully saturated rings. The highest BCUT2D eigenvalue weighted by molar-refractivity contribution is 7.91. The topological polar surface area (TPSA) is 86.7 Å². The quantitative estimate of drug-likeness (QED) is 0.649. The second kappa shape index (κ2) is 7.26. The van der Waals surface area contributed by atoms with Crippen molar-refractivity contribution in [3.8, 4) is 0 Å². The molecule has 0 bridgehead atoms. The SMILES string of the molecule is Cc1ccc(S(=O)(=O)CN(O)C(=O)NCc2ccccc2)cc1. The van der Waals surface area contributed by atoms with Gasteiger partial charge >= 0.3 is 6.03 Å². The van der Waals surface area contributed by atoms with E-state index in [1.807, 2.05) is 37.3 Å². The van der Waals surface area contributed by atoms with Gasteiger partial charge in [0, 0.05) is 6.54 Å². The summed E-state index contributed by atoms with van der Waals surface area (Å²) in [6, 6.07) is 14.4.